The van der Waals surface area contributed by atoms with Gasteiger partial charge in [0.25, 0.3) is 6.43 Å². The quantitative estimate of drug-likeness (QED) is 0.633. The third-order valence-corrected chi connectivity index (χ3v) is 2.39. The van der Waals surface area contributed by atoms with Gasteiger partial charge in [-0.05, 0) is 13.0 Å². The Kier molecular flexibility index (Phi) is 5.18. The van der Waals surface area contributed by atoms with E-state index in [0.717, 1.165) is 0 Å². The molecule has 114 valence electrons. The molecule has 1 rings (SSSR count). The predicted octanol–water partition coefficient (Wildman–Crippen LogP) is 3.02. The fraction of sp³-hybridized carbons (Fsp3) is 0.417. The summed E-state index contributed by atoms with van der Waals surface area (Å²) < 4.78 is 68.3. The smallest absolute Gasteiger partial charge is 0.418 e. The molecule has 0 N–H and O–H groups in total. The Balaban J connectivity index is 3.40. The lowest BCUT2D eigenvalue weighted by Crippen LogP contribution is -2.18. The van der Waals surface area contributed by atoms with Crippen molar-refractivity contribution in [2.24, 2.45) is 0 Å². The number of nitrogens with zero attached hydrogens (tertiary/aromatic N) is 2. The van der Waals surface area contributed by atoms with Gasteiger partial charge in [-0.2, -0.15) is 18.4 Å². The van der Waals surface area contributed by atoms with Gasteiger partial charge < -0.3 is 4.74 Å². The van der Waals surface area contributed by atoms with Gasteiger partial charge in [0.15, 0.2) is 0 Å². The van der Waals surface area contributed by atoms with Crippen molar-refractivity contribution in [3.8, 4) is 6.07 Å². The molecule has 0 aliphatic heterocycles. The van der Waals surface area contributed by atoms with Gasteiger partial charge in [-0.3, -0.25) is 4.79 Å². The number of esters is 1. The molecule has 1 aromatic heterocycles. The van der Waals surface area contributed by atoms with Crippen LogP contribution in [0.5, 0.6) is 0 Å². The summed E-state index contributed by atoms with van der Waals surface area (Å²) in [6, 6.07) is 1.43. The topological polar surface area (TPSA) is 63.0 Å². The molecule has 0 amide bonds. The Hall–Kier alpha value is -2.24. The number of aromatic nitrogens is 1. The first-order valence-corrected chi connectivity index (χ1v) is 5.65. The third kappa shape index (κ3) is 4.11. The highest BCUT2D eigenvalue weighted by molar-refractivity contribution is 5.72. The van der Waals surface area contributed by atoms with Crippen LogP contribution in [0.1, 0.15) is 35.9 Å². The zero-order valence-corrected chi connectivity index (χ0v) is 10.7. The van der Waals surface area contributed by atoms with Crippen LogP contribution in [0.4, 0.5) is 22.0 Å². The highest BCUT2D eigenvalue weighted by atomic mass is 19.4. The van der Waals surface area contributed by atoms with E-state index >= 15 is 0 Å². The second-order valence-corrected chi connectivity index (χ2v) is 3.81. The molecule has 1 heterocycles. The van der Waals surface area contributed by atoms with Gasteiger partial charge in [-0.25, -0.2) is 13.8 Å². The molecule has 0 aromatic carbocycles. The van der Waals surface area contributed by atoms with Crippen LogP contribution in [0, 0.1) is 11.3 Å². The van der Waals surface area contributed by atoms with E-state index in [-0.39, 0.29) is 12.7 Å². The van der Waals surface area contributed by atoms with Crippen molar-refractivity contribution in [2.45, 2.75) is 25.9 Å². The molecule has 0 saturated heterocycles. The minimum atomic E-state index is -4.98. The molecule has 0 aliphatic carbocycles. The van der Waals surface area contributed by atoms with Crippen LogP contribution < -0.4 is 0 Å². The number of hydrogen-bond donors (Lipinski definition) is 0. The number of carbonyl (C=O) groups is 1. The summed E-state index contributed by atoms with van der Waals surface area (Å²) in [5, 5.41) is 8.68. The molecule has 0 atom stereocenters. The second kappa shape index (κ2) is 6.47. The lowest BCUT2D eigenvalue weighted by atomic mass is 10.1. The molecule has 0 radical (unpaired) electrons. The van der Waals surface area contributed by atoms with E-state index in [9.17, 15) is 26.7 Å². The van der Waals surface area contributed by atoms with Crippen LogP contribution in [0.25, 0.3) is 0 Å². The summed E-state index contributed by atoms with van der Waals surface area (Å²) in [7, 11) is 0. The predicted molar refractivity (Wildman–Crippen MR) is 59.2 cm³/mol. The van der Waals surface area contributed by atoms with Gasteiger partial charge in [0, 0.05) is 0 Å². The van der Waals surface area contributed by atoms with Crippen LogP contribution in [0.3, 0.4) is 0 Å². The van der Waals surface area contributed by atoms with Crippen LogP contribution in [-0.2, 0) is 22.1 Å². The van der Waals surface area contributed by atoms with E-state index in [0.29, 0.717) is 0 Å². The maximum absolute atomic E-state index is 12.8. The molecule has 0 fully saturated rings. The first kappa shape index (κ1) is 16.8. The number of hydrogen-bond acceptors (Lipinski definition) is 4. The Morgan fingerprint density at radius 1 is 1.48 bits per heavy atom. The first-order chi connectivity index (χ1) is 9.70. The maximum atomic E-state index is 12.8. The number of halogens is 5. The van der Waals surface area contributed by atoms with Crippen molar-refractivity contribution in [3.05, 3.63) is 28.6 Å². The molecule has 0 bridgehead atoms. The summed E-state index contributed by atoms with van der Waals surface area (Å²) in [4.78, 5) is 14.5. The highest BCUT2D eigenvalue weighted by Gasteiger charge is 2.37. The SMILES string of the molecule is CCOC(=O)Cc1nc(C#N)c(C(F)F)cc1C(F)(F)F. The highest BCUT2D eigenvalue weighted by Crippen LogP contribution is 2.35. The summed E-state index contributed by atoms with van der Waals surface area (Å²) in [6.45, 7) is 1.40. The van der Waals surface area contributed by atoms with Gasteiger partial charge in [-0.15, -0.1) is 0 Å². The zero-order chi connectivity index (χ0) is 16.2. The van der Waals surface area contributed by atoms with Gasteiger partial charge in [0.1, 0.15) is 11.8 Å². The lowest BCUT2D eigenvalue weighted by Gasteiger charge is -2.14. The summed E-state index contributed by atoms with van der Waals surface area (Å²) in [5.74, 6) is -0.996. The minimum absolute atomic E-state index is 0.0551. The van der Waals surface area contributed by atoms with E-state index in [1.165, 1.54) is 13.0 Å². The zero-order valence-electron chi connectivity index (χ0n) is 10.7. The molecular weight excluding hydrogens is 299 g/mol. The Morgan fingerprint density at radius 3 is 2.52 bits per heavy atom. The van der Waals surface area contributed by atoms with Crippen molar-refractivity contribution in [1.82, 2.24) is 4.98 Å². The molecule has 4 nitrogen and oxygen atoms in total. The number of ether oxygens (including phenoxy) is 1. The van der Waals surface area contributed by atoms with Gasteiger partial charge in [0.2, 0.25) is 0 Å². The largest absolute Gasteiger partial charge is 0.466 e. The Morgan fingerprint density at radius 2 is 2.10 bits per heavy atom. The summed E-state index contributed by atoms with van der Waals surface area (Å²) in [6.07, 6.45) is -9.13. The number of rotatable bonds is 4. The van der Waals surface area contributed by atoms with Gasteiger partial charge >= 0.3 is 12.1 Å². The number of carbonyl (C=O) groups excluding carboxylic acids is 1. The third-order valence-electron chi connectivity index (χ3n) is 2.39. The lowest BCUT2D eigenvalue weighted by molar-refractivity contribution is -0.143. The van der Waals surface area contributed by atoms with Crippen molar-refractivity contribution in [3.63, 3.8) is 0 Å². The van der Waals surface area contributed by atoms with Crippen molar-refractivity contribution < 1.29 is 31.5 Å². The summed E-state index contributed by atoms with van der Waals surface area (Å²) in [5.41, 5.74) is -4.28. The molecule has 0 saturated carbocycles. The summed E-state index contributed by atoms with van der Waals surface area (Å²) >= 11 is 0. The van der Waals surface area contributed by atoms with E-state index in [4.69, 9.17) is 5.26 Å². The number of alkyl halides is 5. The van der Waals surface area contributed by atoms with Crippen LogP contribution in [0.15, 0.2) is 6.07 Å². The van der Waals surface area contributed by atoms with E-state index in [1.54, 1.807) is 0 Å². The standard InChI is InChI=1S/C12H9F5N2O2/c1-2-21-10(20)4-8-7(12(15,16)17)3-6(11(13)14)9(5-18)19-8/h3,11H,2,4H2,1H3. The maximum Gasteiger partial charge on any atom is 0.418 e. The molecule has 9 heteroatoms. The molecular formula is C12H9F5N2O2. The number of pyridine rings is 1. The molecule has 0 unspecified atom stereocenters. The van der Waals surface area contributed by atoms with Gasteiger partial charge in [0.05, 0.1) is 29.8 Å². The van der Waals surface area contributed by atoms with Crippen molar-refractivity contribution in [2.75, 3.05) is 6.61 Å². The Bertz CT molecular complexity index is 578. The number of nitriles is 1. The minimum Gasteiger partial charge on any atom is -0.466 e. The average molecular weight is 308 g/mol. The van der Waals surface area contributed by atoms with Crippen LogP contribution >= 0.6 is 0 Å². The molecule has 0 spiro atoms. The normalized spacial score (nSPS) is 11.3. The van der Waals surface area contributed by atoms with E-state index in [2.05, 4.69) is 9.72 Å². The average Bonchev–Trinajstić information content (AvgIpc) is 2.36. The second-order valence-electron chi connectivity index (χ2n) is 3.81. The van der Waals surface area contributed by atoms with Crippen LogP contribution in [-0.4, -0.2) is 17.6 Å². The Labute approximate surface area is 116 Å². The fourth-order valence-corrected chi connectivity index (χ4v) is 1.55. The monoisotopic (exact) mass is 308 g/mol. The molecule has 21 heavy (non-hydrogen) atoms. The van der Waals surface area contributed by atoms with Gasteiger partial charge in [-0.1, -0.05) is 0 Å². The van der Waals surface area contributed by atoms with E-state index < -0.39 is 47.5 Å². The van der Waals surface area contributed by atoms with Crippen LogP contribution in [0.2, 0.25) is 0 Å². The fourth-order valence-electron chi connectivity index (χ4n) is 1.55. The van der Waals surface area contributed by atoms with E-state index in [1.807, 2.05) is 0 Å². The first-order valence-electron chi connectivity index (χ1n) is 5.65. The molecule has 0 aliphatic rings. The van der Waals surface area contributed by atoms with Crippen molar-refractivity contribution >= 4 is 5.97 Å². The molecule has 1 aromatic rings. The van der Waals surface area contributed by atoms with Crippen molar-refractivity contribution in [1.29, 1.82) is 5.26 Å².